The monoisotopic (exact) mass is 304 g/mol. The van der Waals surface area contributed by atoms with Gasteiger partial charge in [-0.2, -0.15) is 0 Å². The lowest BCUT2D eigenvalue weighted by Crippen LogP contribution is -2.05. The summed E-state index contributed by atoms with van der Waals surface area (Å²) in [5.41, 5.74) is 7.76. The Kier molecular flexibility index (Phi) is 3.66. The van der Waals surface area contributed by atoms with Gasteiger partial charge in [0.1, 0.15) is 0 Å². The second-order valence-corrected chi connectivity index (χ2v) is 5.47. The fourth-order valence-electron chi connectivity index (χ4n) is 2.29. The number of aryl methyl sites for hydroxylation is 2. The molecule has 6 nitrogen and oxygen atoms in total. The highest BCUT2D eigenvalue weighted by atomic mass is 32.1. The van der Waals surface area contributed by atoms with Crippen molar-refractivity contribution < 1.29 is 9.47 Å². The molecular weight excluding hydrogens is 288 g/mol. The summed E-state index contributed by atoms with van der Waals surface area (Å²) in [6, 6.07) is 3.74. The van der Waals surface area contributed by atoms with Crippen molar-refractivity contribution in [2.75, 3.05) is 20.0 Å². The molecule has 1 aromatic carbocycles. The van der Waals surface area contributed by atoms with Crippen LogP contribution < -0.4 is 15.2 Å². The van der Waals surface area contributed by atoms with Crippen molar-refractivity contribution in [2.24, 2.45) is 0 Å². The minimum absolute atomic E-state index is 0.483. The lowest BCUT2D eigenvalue weighted by Gasteiger charge is -2.09. The molecular formula is C14H16N4O2S. The molecule has 7 heteroatoms. The number of imidazole rings is 1. The number of fused-ring (bicyclic) bond motifs is 1. The van der Waals surface area contributed by atoms with Gasteiger partial charge in [-0.05, 0) is 0 Å². The number of ether oxygens (including phenoxy) is 2. The third-order valence-corrected chi connectivity index (χ3v) is 4.16. The Balaban J connectivity index is 1.99. The minimum atomic E-state index is 0.483. The molecule has 0 aliphatic rings. The molecule has 3 aromatic rings. The Bertz CT molecular complexity index is 752. The normalized spacial score (nSPS) is 11.0. The van der Waals surface area contributed by atoms with Crippen molar-refractivity contribution >= 4 is 28.3 Å². The summed E-state index contributed by atoms with van der Waals surface area (Å²) >= 11 is 1.64. The molecule has 0 saturated heterocycles. The number of thiazole rings is 1. The Morgan fingerprint density at radius 3 is 2.67 bits per heavy atom. The van der Waals surface area contributed by atoms with Crippen molar-refractivity contribution in [3.63, 3.8) is 0 Å². The molecule has 2 heterocycles. The van der Waals surface area contributed by atoms with Crippen LogP contribution in [0.15, 0.2) is 23.7 Å². The average Bonchev–Trinajstić information content (AvgIpc) is 3.10. The Hall–Kier alpha value is -2.28. The van der Waals surface area contributed by atoms with Crippen molar-refractivity contribution in [3.05, 3.63) is 28.7 Å². The highest BCUT2D eigenvalue weighted by molar-refractivity contribution is 7.09. The largest absolute Gasteiger partial charge is 0.493 e. The van der Waals surface area contributed by atoms with Crippen LogP contribution in [0.2, 0.25) is 0 Å². The highest BCUT2D eigenvalue weighted by Crippen LogP contribution is 2.33. The third kappa shape index (κ3) is 2.52. The van der Waals surface area contributed by atoms with E-state index in [0.29, 0.717) is 17.4 Å². The number of hydrogen-bond donors (Lipinski definition) is 1. The number of nitrogen functional groups attached to an aromatic ring is 1. The van der Waals surface area contributed by atoms with Crippen LogP contribution in [-0.4, -0.2) is 28.8 Å². The van der Waals surface area contributed by atoms with E-state index in [4.69, 9.17) is 15.2 Å². The Labute approximate surface area is 126 Å². The molecule has 0 amide bonds. The summed E-state index contributed by atoms with van der Waals surface area (Å²) in [5, 5.41) is 3.05. The number of methoxy groups -OCH3 is 2. The average molecular weight is 304 g/mol. The first-order valence-corrected chi connectivity index (χ1v) is 7.37. The molecule has 0 saturated carbocycles. The van der Waals surface area contributed by atoms with E-state index >= 15 is 0 Å². The quantitative estimate of drug-likeness (QED) is 0.783. The molecule has 0 unspecified atom stereocenters. The first-order chi connectivity index (χ1) is 10.2. The SMILES string of the molecule is COc1cc2nc(N)n(CCc3nccs3)c2cc1OC. The maximum atomic E-state index is 6.03. The maximum absolute atomic E-state index is 6.03. The van der Waals surface area contributed by atoms with Crippen molar-refractivity contribution in [2.45, 2.75) is 13.0 Å². The van der Waals surface area contributed by atoms with Gasteiger partial charge in [-0.25, -0.2) is 9.97 Å². The molecule has 0 bridgehead atoms. The summed E-state index contributed by atoms with van der Waals surface area (Å²) in [5.74, 6) is 1.80. The number of benzene rings is 1. The molecule has 0 spiro atoms. The van der Waals surface area contributed by atoms with Crippen molar-refractivity contribution in [1.82, 2.24) is 14.5 Å². The molecule has 2 aromatic heterocycles. The molecule has 0 atom stereocenters. The third-order valence-electron chi connectivity index (χ3n) is 3.32. The number of hydrogen-bond acceptors (Lipinski definition) is 6. The van der Waals surface area contributed by atoms with Crippen LogP contribution >= 0.6 is 11.3 Å². The molecule has 0 aliphatic heterocycles. The highest BCUT2D eigenvalue weighted by Gasteiger charge is 2.13. The Morgan fingerprint density at radius 1 is 1.24 bits per heavy atom. The smallest absolute Gasteiger partial charge is 0.201 e. The number of aromatic nitrogens is 3. The second-order valence-electron chi connectivity index (χ2n) is 4.49. The van der Waals surface area contributed by atoms with Gasteiger partial charge < -0.3 is 19.8 Å². The van der Waals surface area contributed by atoms with Crippen LogP contribution in [0.5, 0.6) is 11.5 Å². The maximum Gasteiger partial charge on any atom is 0.201 e. The first kappa shape index (κ1) is 13.7. The van der Waals surface area contributed by atoms with E-state index in [1.54, 1.807) is 25.6 Å². The van der Waals surface area contributed by atoms with Gasteiger partial charge in [-0.3, -0.25) is 0 Å². The fourth-order valence-corrected chi connectivity index (χ4v) is 2.90. The van der Waals surface area contributed by atoms with Gasteiger partial charge >= 0.3 is 0 Å². The summed E-state index contributed by atoms with van der Waals surface area (Å²) in [7, 11) is 3.22. The number of anilines is 1. The van der Waals surface area contributed by atoms with E-state index in [2.05, 4.69) is 9.97 Å². The van der Waals surface area contributed by atoms with Gasteiger partial charge in [0.15, 0.2) is 11.5 Å². The zero-order valence-corrected chi connectivity index (χ0v) is 12.7. The summed E-state index contributed by atoms with van der Waals surface area (Å²) in [6.45, 7) is 0.728. The first-order valence-electron chi connectivity index (χ1n) is 6.49. The van der Waals surface area contributed by atoms with Gasteiger partial charge in [-0.15, -0.1) is 11.3 Å². The predicted octanol–water partition coefficient (Wildman–Crippen LogP) is 2.33. The van der Waals surface area contributed by atoms with Crippen LogP contribution in [0.1, 0.15) is 5.01 Å². The van der Waals surface area contributed by atoms with E-state index in [-0.39, 0.29) is 0 Å². The molecule has 3 rings (SSSR count). The number of nitrogens with two attached hydrogens (primary N) is 1. The van der Waals surface area contributed by atoms with Crippen molar-refractivity contribution in [1.29, 1.82) is 0 Å². The summed E-state index contributed by atoms with van der Waals surface area (Å²) in [6.07, 6.45) is 2.63. The zero-order chi connectivity index (χ0) is 14.8. The van der Waals surface area contributed by atoms with Gasteiger partial charge in [0.05, 0.1) is 30.3 Å². The topological polar surface area (TPSA) is 75.2 Å². The van der Waals surface area contributed by atoms with Crippen molar-refractivity contribution in [3.8, 4) is 11.5 Å². The van der Waals surface area contributed by atoms with E-state index in [9.17, 15) is 0 Å². The number of nitrogens with zero attached hydrogens (tertiary/aromatic N) is 3. The molecule has 21 heavy (non-hydrogen) atoms. The predicted molar refractivity (Wildman–Crippen MR) is 83.1 cm³/mol. The van der Waals surface area contributed by atoms with Crippen LogP contribution in [-0.2, 0) is 13.0 Å². The van der Waals surface area contributed by atoms with Gasteiger partial charge in [0, 0.05) is 36.7 Å². The van der Waals surface area contributed by atoms with E-state index in [0.717, 1.165) is 29.0 Å². The van der Waals surface area contributed by atoms with Gasteiger partial charge in [0.25, 0.3) is 0 Å². The zero-order valence-electron chi connectivity index (χ0n) is 11.9. The molecule has 110 valence electrons. The summed E-state index contributed by atoms with van der Waals surface area (Å²) < 4.78 is 12.6. The second kappa shape index (κ2) is 5.61. The lowest BCUT2D eigenvalue weighted by atomic mass is 10.2. The van der Waals surface area contributed by atoms with Crippen LogP contribution in [0.3, 0.4) is 0 Å². The van der Waals surface area contributed by atoms with Gasteiger partial charge in [-0.1, -0.05) is 0 Å². The van der Waals surface area contributed by atoms with E-state index in [1.807, 2.05) is 28.3 Å². The standard InChI is InChI=1S/C14H16N4O2S/c1-19-11-7-9-10(8-12(11)20-2)18(14(15)17-9)5-3-13-16-4-6-21-13/h4,6-8H,3,5H2,1-2H3,(H2,15,17). The number of rotatable bonds is 5. The van der Waals surface area contributed by atoms with Crippen LogP contribution in [0.4, 0.5) is 5.95 Å². The molecule has 0 radical (unpaired) electrons. The van der Waals surface area contributed by atoms with E-state index < -0.39 is 0 Å². The minimum Gasteiger partial charge on any atom is -0.493 e. The Morgan fingerprint density at radius 2 is 2.00 bits per heavy atom. The van der Waals surface area contributed by atoms with Gasteiger partial charge in [0.2, 0.25) is 5.95 Å². The van der Waals surface area contributed by atoms with E-state index in [1.165, 1.54) is 0 Å². The van der Waals surface area contributed by atoms with Crippen LogP contribution in [0.25, 0.3) is 11.0 Å². The lowest BCUT2D eigenvalue weighted by molar-refractivity contribution is 0.355. The summed E-state index contributed by atoms with van der Waals surface area (Å²) in [4.78, 5) is 8.67. The molecule has 2 N–H and O–H groups in total. The molecule has 0 fully saturated rings. The molecule has 0 aliphatic carbocycles. The fraction of sp³-hybridized carbons (Fsp3) is 0.286. The van der Waals surface area contributed by atoms with Crippen LogP contribution in [0, 0.1) is 0 Å².